The number of piperidine rings is 1. The van der Waals surface area contributed by atoms with E-state index in [0.717, 1.165) is 37.1 Å². The third-order valence-corrected chi connectivity index (χ3v) is 4.12. The average molecular weight is 348 g/mol. The Kier molecular flexibility index (Phi) is 5.01. The lowest BCUT2D eigenvalue weighted by molar-refractivity contribution is -0.117. The van der Waals surface area contributed by atoms with Gasteiger partial charge in [-0.3, -0.25) is 4.79 Å². The smallest absolute Gasteiger partial charge is 0.245 e. The second-order valence-electron chi connectivity index (χ2n) is 5.84. The van der Waals surface area contributed by atoms with Crippen molar-refractivity contribution in [2.45, 2.75) is 18.9 Å². The van der Waals surface area contributed by atoms with E-state index in [2.05, 4.69) is 20.8 Å². The van der Waals surface area contributed by atoms with Crippen LogP contribution in [0.1, 0.15) is 18.4 Å². The first-order valence-corrected chi connectivity index (χ1v) is 7.94. The molecule has 2 heterocycles. The van der Waals surface area contributed by atoms with Crippen LogP contribution in [0.5, 0.6) is 0 Å². The maximum atomic E-state index is 13.5. The molecule has 0 radical (unpaired) electrons. The second kappa shape index (κ2) is 7.37. The van der Waals surface area contributed by atoms with E-state index in [-0.39, 0.29) is 17.5 Å². The second-order valence-corrected chi connectivity index (χ2v) is 5.84. The summed E-state index contributed by atoms with van der Waals surface area (Å²) in [5.41, 5.74) is -0.220. The molecular weight excluding hydrogens is 330 g/mol. The molecule has 0 bridgehead atoms. The molecule has 0 saturated carbocycles. The van der Waals surface area contributed by atoms with Gasteiger partial charge < -0.3 is 10.2 Å². The van der Waals surface area contributed by atoms with Crippen molar-refractivity contribution in [1.82, 2.24) is 25.5 Å². The first kappa shape index (κ1) is 17.0. The molecule has 0 unspecified atom stereocenters. The SMILES string of the molecule is Cn1nnnc1N1CCC(NC(=O)/C=C/c2c(F)cccc2F)CC1. The zero-order valence-corrected chi connectivity index (χ0v) is 13.7. The number of nitrogens with one attached hydrogen (secondary N) is 1. The van der Waals surface area contributed by atoms with Crippen LogP contribution in [0.25, 0.3) is 6.08 Å². The quantitative estimate of drug-likeness (QED) is 0.843. The van der Waals surface area contributed by atoms with Crippen LogP contribution in [0.2, 0.25) is 0 Å². The highest BCUT2D eigenvalue weighted by Gasteiger charge is 2.23. The van der Waals surface area contributed by atoms with E-state index in [9.17, 15) is 13.6 Å². The molecule has 1 N–H and O–H groups in total. The zero-order chi connectivity index (χ0) is 17.8. The largest absolute Gasteiger partial charge is 0.350 e. The average Bonchev–Trinajstić information content (AvgIpc) is 3.01. The Bertz CT molecular complexity index is 762. The number of nitrogens with zero attached hydrogens (tertiary/aromatic N) is 5. The molecule has 7 nitrogen and oxygen atoms in total. The van der Waals surface area contributed by atoms with E-state index < -0.39 is 11.6 Å². The number of anilines is 1. The topological polar surface area (TPSA) is 75.9 Å². The van der Waals surface area contributed by atoms with Crippen molar-refractivity contribution in [1.29, 1.82) is 0 Å². The van der Waals surface area contributed by atoms with Gasteiger partial charge in [0.15, 0.2) is 0 Å². The summed E-state index contributed by atoms with van der Waals surface area (Å²) in [6, 6.07) is 3.58. The van der Waals surface area contributed by atoms with E-state index >= 15 is 0 Å². The zero-order valence-electron chi connectivity index (χ0n) is 13.7. The van der Waals surface area contributed by atoms with Crippen LogP contribution in [-0.4, -0.2) is 45.2 Å². The van der Waals surface area contributed by atoms with Gasteiger partial charge in [-0.15, -0.1) is 0 Å². The molecule has 1 aliphatic heterocycles. The highest BCUT2D eigenvalue weighted by Crippen LogP contribution is 2.17. The summed E-state index contributed by atoms with van der Waals surface area (Å²) in [7, 11) is 1.77. The lowest BCUT2D eigenvalue weighted by Gasteiger charge is -2.32. The van der Waals surface area contributed by atoms with Crippen LogP contribution in [0.15, 0.2) is 24.3 Å². The molecule has 9 heteroatoms. The summed E-state index contributed by atoms with van der Waals surface area (Å²) < 4.78 is 28.6. The molecule has 1 saturated heterocycles. The molecule has 3 rings (SSSR count). The lowest BCUT2D eigenvalue weighted by atomic mass is 10.1. The fraction of sp³-hybridized carbons (Fsp3) is 0.375. The molecule has 0 atom stereocenters. The van der Waals surface area contributed by atoms with Crippen molar-refractivity contribution in [2.75, 3.05) is 18.0 Å². The van der Waals surface area contributed by atoms with Gasteiger partial charge in [0.1, 0.15) is 11.6 Å². The molecule has 1 aliphatic rings. The third-order valence-electron chi connectivity index (χ3n) is 4.12. The van der Waals surface area contributed by atoms with Gasteiger partial charge in [-0.05, 0) is 41.5 Å². The Morgan fingerprint density at radius 3 is 2.56 bits per heavy atom. The Morgan fingerprint density at radius 1 is 1.28 bits per heavy atom. The van der Waals surface area contributed by atoms with E-state index in [1.807, 2.05) is 4.90 Å². The number of halogens is 2. The number of hydrogen-bond acceptors (Lipinski definition) is 5. The number of rotatable bonds is 4. The Labute approximate surface area is 143 Å². The van der Waals surface area contributed by atoms with Crippen LogP contribution in [0.3, 0.4) is 0 Å². The predicted molar refractivity (Wildman–Crippen MR) is 87.6 cm³/mol. The standard InChI is InChI=1S/C16H18F2N6O/c1-23-16(20-21-22-23)24-9-7-11(8-10-24)19-15(25)6-5-12-13(17)3-2-4-14(12)18/h2-6,11H,7-10H2,1H3,(H,19,25)/b6-5+. The third kappa shape index (κ3) is 3.98. The summed E-state index contributed by atoms with van der Waals surface area (Å²) in [6.07, 6.45) is 3.78. The summed E-state index contributed by atoms with van der Waals surface area (Å²) >= 11 is 0. The summed E-state index contributed by atoms with van der Waals surface area (Å²) in [4.78, 5) is 14.0. The first-order chi connectivity index (χ1) is 12.0. The van der Waals surface area contributed by atoms with Gasteiger partial charge in [0.25, 0.3) is 0 Å². The maximum Gasteiger partial charge on any atom is 0.245 e. The minimum Gasteiger partial charge on any atom is -0.350 e. The van der Waals surface area contributed by atoms with Gasteiger partial charge in [-0.25, -0.2) is 13.5 Å². The van der Waals surface area contributed by atoms with Gasteiger partial charge >= 0.3 is 0 Å². The number of hydrogen-bond donors (Lipinski definition) is 1. The number of carbonyl (C=O) groups excluding carboxylic acids is 1. The molecular formula is C16H18F2N6O. The van der Waals surface area contributed by atoms with Gasteiger partial charge in [-0.2, -0.15) is 0 Å². The normalized spacial score (nSPS) is 15.7. The van der Waals surface area contributed by atoms with Gasteiger partial charge in [0.05, 0.1) is 0 Å². The molecule has 1 aromatic carbocycles. The monoisotopic (exact) mass is 348 g/mol. The number of aryl methyl sites for hydroxylation is 1. The summed E-state index contributed by atoms with van der Waals surface area (Å²) in [5, 5.41) is 14.2. The summed E-state index contributed by atoms with van der Waals surface area (Å²) in [6.45, 7) is 1.43. The number of benzene rings is 1. The van der Waals surface area contributed by atoms with Crippen molar-refractivity contribution in [3.63, 3.8) is 0 Å². The van der Waals surface area contributed by atoms with Crippen LogP contribution >= 0.6 is 0 Å². The molecule has 25 heavy (non-hydrogen) atoms. The molecule has 2 aromatic rings. The number of tetrazole rings is 1. The number of amides is 1. The fourth-order valence-electron chi connectivity index (χ4n) is 2.79. The first-order valence-electron chi connectivity index (χ1n) is 7.94. The molecule has 0 spiro atoms. The van der Waals surface area contributed by atoms with Gasteiger partial charge in [-0.1, -0.05) is 11.2 Å². The van der Waals surface area contributed by atoms with Crippen molar-refractivity contribution < 1.29 is 13.6 Å². The molecule has 1 amide bonds. The van der Waals surface area contributed by atoms with Crippen molar-refractivity contribution >= 4 is 17.9 Å². The van der Waals surface area contributed by atoms with Crippen LogP contribution in [0, 0.1) is 11.6 Å². The van der Waals surface area contributed by atoms with Crippen LogP contribution in [0.4, 0.5) is 14.7 Å². The van der Waals surface area contributed by atoms with Crippen molar-refractivity contribution in [3.05, 3.63) is 41.5 Å². The van der Waals surface area contributed by atoms with E-state index in [4.69, 9.17) is 0 Å². The highest BCUT2D eigenvalue weighted by molar-refractivity contribution is 5.92. The molecule has 1 fully saturated rings. The lowest BCUT2D eigenvalue weighted by Crippen LogP contribution is -2.45. The molecule has 0 aliphatic carbocycles. The van der Waals surface area contributed by atoms with Crippen molar-refractivity contribution in [2.24, 2.45) is 7.05 Å². The Morgan fingerprint density at radius 2 is 1.96 bits per heavy atom. The summed E-state index contributed by atoms with van der Waals surface area (Å²) in [5.74, 6) is -1.08. The van der Waals surface area contributed by atoms with E-state index in [1.165, 1.54) is 6.07 Å². The Hall–Kier alpha value is -2.84. The minimum absolute atomic E-state index is 0.0000500. The maximum absolute atomic E-state index is 13.5. The number of aromatic nitrogens is 4. The van der Waals surface area contributed by atoms with E-state index in [1.54, 1.807) is 11.7 Å². The molecule has 1 aromatic heterocycles. The van der Waals surface area contributed by atoms with Crippen LogP contribution < -0.4 is 10.2 Å². The van der Waals surface area contributed by atoms with Gasteiger partial charge in [0, 0.05) is 37.8 Å². The van der Waals surface area contributed by atoms with Gasteiger partial charge in [0.2, 0.25) is 11.9 Å². The van der Waals surface area contributed by atoms with Crippen molar-refractivity contribution in [3.8, 4) is 0 Å². The minimum atomic E-state index is -0.699. The molecule has 132 valence electrons. The highest BCUT2D eigenvalue weighted by atomic mass is 19.1. The van der Waals surface area contributed by atoms with Crippen LogP contribution in [-0.2, 0) is 11.8 Å². The fourth-order valence-corrected chi connectivity index (χ4v) is 2.79. The predicted octanol–water partition coefficient (Wildman–Crippen LogP) is 1.29. The Balaban J connectivity index is 1.53. The number of carbonyl (C=O) groups is 1. The van der Waals surface area contributed by atoms with E-state index in [0.29, 0.717) is 19.0 Å².